The van der Waals surface area contributed by atoms with E-state index >= 15 is 0 Å². The lowest BCUT2D eigenvalue weighted by molar-refractivity contribution is -0.130. The molecule has 0 saturated carbocycles. The quantitative estimate of drug-likeness (QED) is 0.606. The third-order valence-corrected chi connectivity index (χ3v) is 5.70. The first-order valence-electron chi connectivity index (χ1n) is 8.90. The van der Waals surface area contributed by atoms with Gasteiger partial charge in [0.15, 0.2) is 5.58 Å². The van der Waals surface area contributed by atoms with Crippen LogP contribution in [-0.4, -0.2) is 52.6 Å². The van der Waals surface area contributed by atoms with Crippen molar-refractivity contribution >= 4 is 40.4 Å². The lowest BCUT2D eigenvalue weighted by Crippen LogP contribution is -2.48. The molecule has 2 heterocycles. The highest BCUT2D eigenvalue weighted by Crippen LogP contribution is 2.23. The van der Waals surface area contributed by atoms with Gasteiger partial charge in [0.1, 0.15) is 5.52 Å². The van der Waals surface area contributed by atoms with Crippen LogP contribution in [-0.2, 0) is 11.3 Å². The van der Waals surface area contributed by atoms with Crippen LogP contribution in [0.15, 0.2) is 58.2 Å². The summed E-state index contributed by atoms with van der Waals surface area (Å²) in [7, 11) is 0. The number of benzene rings is 2. The zero-order valence-electron chi connectivity index (χ0n) is 14.8. The summed E-state index contributed by atoms with van der Waals surface area (Å²) in [5.74, 6) is 0.484. The van der Waals surface area contributed by atoms with Crippen LogP contribution in [0.3, 0.4) is 0 Å². The molecule has 0 bridgehead atoms. The summed E-state index contributed by atoms with van der Waals surface area (Å²) >= 11 is 7.29. The first-order valence-corrected chi connectivity index (χ1v) is 10.3. The van der Waals surface area contributed by atoms with Gasteiger partial charge in [0.25, 0.3) is 5.22 Å². The van der Waals surface area contributed by atoms with Gasteiger partial charge in [-0.1, -0.05) is 47.6 Å². The summed E-state index contributed by atoms with van der Waals surface area (Å²) in [6, 6.07) is 15.6. The van der Waals surface area contributed by atoms with Gasteiger partial charge in [-0.3, -0.25) is 9.69 Å². The monoisotopic (exact) mass is 401 g/mol. The van der Waals surface area contributed by atoms with Crippen molar-refractivity contribution in [3.8, 4) is 0 Å². The van der Waals surface area contributed by atoms with Crippen LogP contribution < -0.4 is 0 Å². The predicted molar refractivity (Wildman–Crippen MR) is 108 cm³/mol. The Morgan fingerprint density at radius 3 is 2.56 bits per heavy atom. The number of amides is 1. The number of hydrogen-bond acceptors (Lipinski definition) is 5. The topological polar surface area (TPSA) is 49.6 Å². The fraction of sp³-hybridized carbons (Fsp3) is 0.300. The standard InChI is InChI=1S/C20H20ClN3O2S/c21-16-7-5-15(6-8-16)13-23-9-11-24(12-10-23)19(25)14-27-20-22-17-3-1-2-4-18(17)26-20/h1-8H,9-14H2. The Bertz CT molecular complexity index is 887. The summed E-state index contributed by atoms with van der Waals surface area (Å²) < 4.78 is 5.66. The van der Waals surface area contributed by atoms with E-state index in [1.165, 1.54) is 17.3 Å². The van der Waals surface area contributed by atoms with E-state index in [0.717, 1.165) is 48.8 Å². The van der Waals surface area contributed by atoms with E-state index in [1.807, 2.05) is 41.3 Å². The molecule has 0 spiro atoms. The summed E-state index contributed by atoms with van der Waals surface area (Å²) in [4.78, 5) is 21.2. The first-order chi connectivity index (χ1) is 13.2. The lowest BCUT2D eigenvalue weighted by atomic mass is 10.2. The summed E-state index contributed by atoms with van der Waals surface area (Å²) in [6.07, 6.45) is 0. The number of carbonyl (C=O) groups excluding carboxylic acids is 1. The third kappa shape index (κ3) is 4.64. The van der Waals surface area contributed by atoms with Crippen molar-refractivity contribution in [3.05, 3.63) is 59.1 Å². The highest BCUT2D eigenvalue weighted by Gasteiger charge is 2.21. The van der Waals surface area contributed by atoms with Crippen LogP contribution in [0.25, 0.3) is 11.1 Å². The molecule has 0 N–H and O–H groups in total. The number of para-hydroxylation sites is 2. The minimum absolute atomic E-state index is 0.133. The van der Waals surface area contributed by atoms with Crippen molar-refractivity contribution in [2.24, 2.45) is 0 Å². The van der Waals surface area contributed by atoms with Gasteiger partial charge in [0.05, 0.1) is 5.75 Å². The molecule has 1 aliphatic heterocycles. The molecule has 0 aliphatic carbocycles. The van der Waals surface area contributed by atoms with Crippen molar-refractivity contribution in [2.45, 2.75) is 11.8 Å². The van der Waals surface area contributed by atoms with E-state index in [4.69, 9.17) is 16.0 Å². The fourth-order valence-corrected chi connectivity index (χ4v) is 4.00. The maximum absolute atomic E-state index is 12.5. The van der Waals surface area contributed by atoms with Crippen molar-refractivity contribution in [3.63, 3.8) is 0 Å². The Morgan fingerprint density at radius 2 is 1.81 bits per heavy atom. The van der Waals surface area contributed by atoms with Crippen LogP contribution in [0.1, 0.15) is 5.56 Å². The number of carbonyl (C=O) groups is 1. The van der Waals surface area contributed by atoms with E-state index in [9.17, 15) is 4.79 Å². The second kappa shape index (κ2) is 8.33. The highest BCUT2D eigenvalue weighted by molar-refractivity contribution is 7.99. The molecule has 0 unspecified atom stereocenters. The van der Waals surface area contributed by atoms with E-state index < -0.39 is 0 Å². The van der Waals surface area contributed by atoms with Crippen LogP contribution in [0.4, 0.5) is 0 Å². The molecule has 27 heavy (non-hydrogen) atoms. The number of hydrogen-bond donors (Lipinski definition) is 0. The molecule has 5 nitrogen and oxygen atoms in total. The molecule has 140 valence electrons. The zero-order valence-corrected chi connectivity index (χ0v) is 16.4. The lowest BCUT2D eigenvalue weighted by Gasteiger charge is -2.34. The van der Waals surface area contributed by atoms with Gasteiger partial charge < -0.3 is 9.32 Å². The van der Waals surface area contributed by atoms with E-state index in [0.29, 0.717) is 11.0 Å². The number of thioether (sulfide) groups is 1. The van der Waals surface area contributed by atoms with Crippen LogP contribution in [0.5, 0.6) is 0 Å². The highest BCUT2D eigenvalue weighted by atomic mass is 35.5. The average molecular weight is 402 g/mol. The smallest absolute Gasteiger partial charge is 0.257 e. The Kier molecular flexibility index (Phi) is 5.66. The Balaban J connectivity index is 1.25. The molecule has 7 heteroatoms. The number of oxazole rings is 1. The molecule has 0 radical (unpaired) electrons. The van der Waals surface area contributed by atoms with Crippen molar-refractivity contribution in [1.29, 1.82) is 0 Å². The van der Waals surface area contributed by atoms with Crippen molar-refractivity contribution < 1.29 is 9.21 Å². The molecule has 0 atom stereocenters. The number of nitrogens with zero attached hydrogens (tertiary/aromatic N) is 3. The Labute approximate surface area is 167 Å². The first kappa shape index (κ1) is 18.3. The third-order valence-electron chi connectivity index (χ3n) is 4.64. The summed E-state index contributed by atoms with van der Waals surface area (Å²) in [5.41, 5.74) is 2.82. The summed E-state index contributed by atoms with van der Waals surface area (Å²) in [6.45, 7) is 4.14. The minimum atomic E-state index is 0.133. The Hall–Kier alpha value is -2.02. The minimum Gasteiger partial charge on any atom is -0.431 e. The van der Waals surface area contributed by atoms with Gasteiger partial charge in [-0.05, 0) is 29.8 Å². The van der Waals surface area contributed by atoms with Gasteiger partial charge in [-0.15, -0.1) is 0 Å². The maximum atomic E-state index is 12.5. The van der Waals surface area contributed by atoms with Gasteiger partial charge in [0, 0.05) is 37.7 Å². The second-order valence-electron chi connectivity index (χ2n) is 6.52. The molecule has 3 aromatic rings. The van der Waals surface area contributed by atoms with Gasteiger partial charge in [-0.25, -0.2) is 4.98 Å². The Morgan fingerprint density at radius 1 is 1.07 bits per heavy atom. The molecule has 1 saturated heterocycles. The molecule has 1 aromatic heterocycles. The largest absolute Gasteiger partial charge is 0.431 e. The molecule has 2 aromatic carbocycles. The molecular formula is C20H20ClN3O2S. The van der Waals surface area contributed by atoms with Crippen LogP contribution >= 0.6 is 23.4 Å². The van der Waals surface area contributed by atoms with Crippen molar-refractivity contribution in [2.75, 3.05) is 31.9 Å². The SMILES string of the molecule is O=C(CSc1nc2ccccc2o1)N1CCN(Cc2ccc(Cl)cc2)CC1. The molecule has 1 amide bonds. The number of rotatable bonds is 5. The fourth-order valence-electron chi connectivity index (χ4n) is 3.13. The van der Waals surface area contributed by atoms with E-state index in [-0.39, 0.29) is 5.91 Å². The molecular weight excluding hydrogens is 382 g/mol. The number of aromatic nitrogens is 1. The number of piperazine rings is 1. The van der Waals surface area contributed by atoms with Crippen LogP contribution in [0, 0.1) is 0 Å². The maximum Gasteiger partial charge on any atom is 0.257 e. The zero-order chi connectivity index (χ0) is 18.6. The van der Waals surface area contributed by atoms with Crippen LogP contribution in [0.2, 0.25) is 5.02 Å². The number of fused-ring (bicyclic) bond motifs is 1. The van der Waals surface area contributed by atoms with Gasteiger partial charge in [-0.2, -0.15) is 0 Å². The van der Waals surface area contributed by atoms with Gasteiger partial charge >= 0.3 is 0 Å². The molecule has 1 fully saturated rings. The van der Waals surface area contributed by atoms with E-state index in [2.05, 4.69) is 22.0 Å². The average Bonchev–Trinajstić information content (AvgIpc) is 3.11. The number of halogens is 1. The molecule has 1 aliphatic rings. The predicted octanol–water partition coefficient (Wildman–Crippen LogP) is 3.92. The summed E-state index contributed by atoms with van der Waals surface area (Å²) in [5, 5.41) is 1.30. The normalized spacial score (nSPS) is 15.4. The van der Waals surface area contributed by atoms with Gasteiger partial charge in [0.2, 0.25) is 5.91 Å². The van der Waals surface area contributed by atoms with E-state index in [1.54, 1.807) is 0 Å². The second-order valence-corrected chi connectivity index (χ2v) is 7.88. The van der Waals surface area contributed by atoms with Crippen molar-refractivity contribution in [1.82, 2.24) is 14.8 Å². The molecule has 4 rings (SSSR count).